The number of carbonyl (C=O) groups excluding carboxylic acids is 2. The molecular formula is C16H18N3O3+. The standard InChI is InChI=1S/C16H17N3O3/c1-2-22-14-8-4-3-7-13(14)18-15(20)11-19-9-5-6-12(10-19)16(17)21/h3-10H,2,11H2,1H3,(H2-,17,18,20,21)/p+1. The number of anilines is 1. The van der Waals surface area contributed by atoms with E-state index in [1.165, 1.54) is 6.20 Å². The van der Waals surface area contributed by atoms with Crippen molar-refractivity contribution < 1.29 is 18.9 Å². The number of nitrogens with one attached hydrogen (secondary N) is 1. The average Bonchev–Trinajstić information content (AvgIpc) is 2.49. The Morgan fingerprint density at radius 3 is 2.73 bits per heavy atom. The van der Waals surface area contributed by atoms with Crippen LogP contribution in [0.5, 0.6) is 5.75 Å². The van der Waals surface area contributed by atoms with Gasteiger partial charge < -0.3 is 15.8 Å². The summed E-state index contributed by atoms with van der Waals surface area (Å²) in [5.74, 6) is -0.135. The van der Waals surface area contributed by atoms with Crippen molar-refractivity contribution in [3.8, 4) is 5.75 Å². The lowest BCUT2D eigenvalue weighted by Crippen LogP contribution is -2.40. The van der Waals surface area contributed by atoms with Gasteiger partial charge in [-0.2, -0.15) is 4.57 Å². The molecule has 2 amide bonds. The van der Waals surface area contributed by atoms with Crippen LogP contribution in [-0.4, -0.2) is 18.4 Å². The van der Waals surface area contributed by atoms with E-state index in [4.69, 9.17) is 10.5 Å². The van der Waals surface area contributed by atoms with E-state index in [1.807, 2.05) is 19.1 Å². The number of hydrogen-bond acceptors (Lipinski definition) is 3. The Bertz CT molecular complexity index is 686. The van der Waals surface area contributed by atoms with Gasteiger partial charge in [-0.05, 0) is 25.1 Å². The highest BCUT2D eigenvalue weighted by atomic mass is 16.5. The van der Waals surface area contributed by atoms with Gasteiger partial charge in [-0.25, -0.2) is 0 Å². The van der Waals surface area contributed by atoms with Gasteiger partial charge in [0.1, 0.15) is 11.3 Å². The van der Waals surface area contributed by atoms with Gasteiger partial charge in [0.2, 0.25) is 6.54 Å². The van der Waals surface area contributed by atoms with Gasteiger partial charge in [0.25, 0.3) is 11.8 Å². The third kappa shape index (κ3) is 4.05. The minimum atomic E-state index is -0.531. The van der Waals surface area contributed by atoms with Crippen molar-refractivity contribution in [2.45, 2.75) is 13.5 Å². The van der Waals surface area contributed by atoms with E-state index in [-0.39, 0.29) is 12.5 Å². The van der Waals surface area contributed by atoms with E-state index in [1.54, 1.807) is 35.0 Å². The first-order valence-electron chi connectivity index (χ1n) is 6.90. The number of pyridine rings is 1. The molecule has 0 spiro atoms. The van der Waals surface area contributed by atoms with Crippen LogP contribution in [0.15, 0.2) is 48.8 Å². The van der Waals surface area contributed by atoms with Gasteiger partial charge in [0.05, 0.1) is 12.3 Å². The molecule has 0 aliphatic carbocycles. The van der Waals surface area contributed by atoms with Crippen molar-refractivity contribution in [1.82, 2.24) is 0 Å². The summed E-state index contributed by atoms with van der Waals surface area (Å²) in [6.07, 6.45) is 3.23. The van der Waals surface area contributed by atoms with Crippen LogP contribution in [0, 0.1) is 0 Å². The van der Waals surface area contributed by atoms with Gasteiger partial charge in [-0.3, -0.25) is 9.59 Å². The van der Waals surface area contributed by atoms with Crippen molar-refractivity contribution in [2.24, 2.45) is 5.73 Å². The zero-order chi connectivity index (χ0) is 15.9. The van der Waals surface area contributed by atoms with Gasteiger partial charge >= 0.3 is 0 Å². The highest BCUT2D eigenvalue weighted by molar-refractivity contribution is 5.92. The average molecular weight is 300 g/mol. The van der Waals surface area contributed by atoms with E-state index < -0.39 is 5.91 Å². The highest BCUT2D eigenvalue weighted by Crippen LogP contribution is 2.23. The maximum absolute atomic E-state index is 12.1. The number of benzene rings is 1. The molecule has 2 aromatic rings. The normalized spacial score (nSPS) is 10.0. The smallest absolute Gasteiger partial charge is 0.290 e. The summed E-state index contributed by atoms with van der Waals surface area (Å²) in [5.41, 5.74) is 6.18. The number of aromatic nitrogens is 1. The molecule has 0 saturated carbocycles. The number of carbonyl (C=O) groups is 2. The zero-order valence-electron chi connectivity index (χ0n) is 12.3. The molecule has 0 aliphatic rings. The SMILES string of the molecule is CCOc1ccccc1NC(=O)C[n+]1cccc(C(N)=O)c1. The van der Waals surface area contributed by atoms with Gasteiger partial charge in [0, 0.05) is 6.07 Å². The third-order valence-electron chi connectivity index (χ3n) is 2.93. The number of nitrogens with zero attached hydrogens (tertiary/aromatic N) is 1. The zero-order valence-corrected chi connectivity index (χ0v) is 12.3. The minimum Gasteiger partial charge on any atom is -0.492 e. The molecule has 3 N–H and O–H groups in total. The maximum Gasteiger partial charge on any atom is 0.290 e. The Kier molecular flexibility index (Phi) is 5.08. The monoisotopic (exact) mass is 300 g/mol. The quantitative estimate of drug-likeness (QED) is 0.784. The number of para-hydroxylation sites is 2. The first-order valence-corrected chi connectivity index (χ1v) is 6.90. The third-order valence-corrected chi connectivity index (χ3v) is 2.93. The number of rotatable bonds is 6. The minimum absolute atomic E-state index is 0.0710. The van der Waals surface area contributed by atoms with Crippen LogP contribution in [0.3, 0.4) is 0 Å². The molecule has 0 aliphatic heterocycles. The molecule has 0 fully saturated rings. The lowest BCUT2D eigenvalue weighted by Gasteiger charge is -2.10. The Hall–Kier alpha value is -2.89. The summed E-state index contributed by atoms with van der Waals surface area (Å²) in [6, 6.07) is 10.5. The number of amides is 2. The van der Waals surface area contributed by atoms with E-state index >= 15 is 0 Å². The molecule has 2 rings (SSSR count). The summed E-state index contributed by atoms with van der Waals surface area (Å²) in [7, 11) is 0. The molecular weight excluding hydrogens is 282 g/mol. The molecule has 22 heavy (non-hydrogen) atoms. The van der Waals surface area contributed by atoms with Crippen LogP contribution in [0.4, 0.5) is 5.69 Å². The van der Waals surface area contributed by atoms with Gasteiger partial charge in [0.15, 0.2) is 12.4 Å². The molecule has 0 unspecified atom stereocenters. The lowest BCUT2D eigenvalue weighted by atomic mass is 10.2. The Labute approximate surface area is 128 Å². The number of primary amides is 1. The van der Waals surface area contributed by atoms with Crippen molar-refractivity contribution in [3.63, 3.8) is 0 Å². The molecule has 6 nitrogen and oxygen atoms in total. The molecule has 1 heterocycles. The second kappa shape index (κ2) is 7.21. The van der Waals surface area contributed by atoms with Crippen LogP contribution >= 0.6 is 0 Å². The van der Waals surface area contributed by atoms with Crippen molar-refractivity contribution in [2.75, 3.05) is 11.9 Å². The van der Waals surface area contributed by atoms with E-state index in [0.29, 0.717) is 23.6 Å². The van der Waals surface area contributed by atoms with Gasteiger partial charge in [-0.1, -0.05) is 12.1 Å². The first kappa shape index (κ1) is 15.5. The fourth-order valence-corrected chi connectivity index (χ4v) is 1.97. The molecule has 114 valence electrons. The van der Waals surface area contributed by atoms with Gasteiger partial charge in [-0.15, -0.1) is 0 Å². The topological polar surface area (TPSA) is 85.3 Å². The molecule has 1 aromatic heterocycles. The van der Waals surface area contributed by atoms with Crippen molar-refractivity contribution in [1.29, 1.82) is 0 Å². The van der Waals surface area contributed by atoms with E-state index in [0.717, 1.165) is 0 Å². The van der Waals surface area contributed by atoms with E-state index in [9.17, 15) is 9.59 Å². The van der Waals surface area contributed by atoms with Crippen molar-refractivity contribution in [3.05, 3.63) is 54.4 Å². The Balaban J connectivity index is 2.07. The second-order valence-corrected chi connectivity index (χ2v) is 4.61. The number of hydrogen-bond donors (Lipinski definition) is 2. The second-order valence-electron chi connectivity index (χ2n) is 4.61. The lowest BCUT2D eigenvalue weighted by molar-refractivity contribution is -0.684. The fourth-order valence-electron chi connectivity index (χ4n) is 1.97. The Morgan fingerprint density at radius 1 is 1.23 bits per heavy atom. The molecule has 6 heteroatoms. The van der Waals surface area contributed by atoms with Crippen LogP contribution in [0.25, 0.3) is 0 Å². The maximum atomic E-state index is 12.1. The Morgan fingerprint density at radius 2 is 2.00 bits per heavy atom. The summed E-state index contributed by atoms with van der Waals surface area (Å²) in [4.78, 5) is 23.3. The molecule has 0 radical (unpaired) electrons. The summed E-state index contributed by atoms with van der Waals surface area (Å²) >= 11 is 0. The summed E-state index contributed by atoms with van der Waals surface area (Å²) < 4.78 is 7.05. The van der Waals surface area contributed by atoms with Crippen LogP contribution < -0.4 is 20.4 Å². The number of nitrogens with two attached hydrogens (primary N) is 1. The summed E-state index contributed by atoms with van der Waals surface area (Å²) in [5, 5.41) is 2.79. The fraction of sp³-hybridized carbons (Fsp3) is 0.188. The first-order chi connectivity index (χ1) is 10.6. The highest BCUT2D eigenvalue weighted by Gasteiger charge is 2.13. The van der Waals surface area contributed by atoms with Crippen LogP contribution in [-0.2, 0) is 11.3 Å². The molecule has 0 atom stereocenters. The van der Waals surface area contributed by atoms with Crippen LogP contribution in [0.1, 0.15) is 17.3 Å². The largest absolute Gasteiger partial charge is 0.492 e. The van der Waals surface area contributed by atoms with Crippen molar-refractivity contribution >= 4 is 17.5 Å². The molecule has 1 aromatic carbocycles. The predicted molar refractivity (Wildman–Crippen MR) is 81.4 cm³/mol. The molecule has 0 bridgehead atoms. The number of ether oxygens (including phenoxy) is 1. The predicted octanol–water partition coefficient (Wildman–Crippen LogP) is 1.11. The van der Waals surface area contributed by atoms with Crippen LogP contribution in [0.2, 0.25) is 0 Å². The molecule has 0 saturated heterocycles. The van der Waals surface area contributed by atoms with E-state index in [2.05, 4.69) is 5.32 Å². The summed E-state index contributed by atoms with van der Waals surface area (Å²) in [6.45, 7) is 2.47.